The first kappa shape index (κ1) is 14.8. The van der Waals surface area contributed by atoms with Crippen LogP contribution in [0.3, 0.4) is 0 Å². The standard InChI is InChI=1S/C14H17N3O4/c1-8-3-4-10(7-11(8)13(19)20)16-14(21)17-6-5-15-12(18)9(17)2/h3-4,7,9H,5-6H2,1-2H3,(H,15,18)(H,16,21)(H,19,20). The van der Waals surface area contributed by atoms with Crippen LogP contribution in [0.25, 0.3) is 0 Å². The van der Waals surface area contributed by atoms with Crippen molar-refractivity contribution >= 4 is 23.6 Å². The second kappa shape index (κ2) is 5.82. The molecule has 0 saturated carbocycles. The first-order valence-electron chi connectivity index (χ1n) is 6.59. The lowest BCUT2D eigenvalue weighted by Gasteiger charge is -2.32. The summed E-state index contributed by atoms with van der Waals surface area (Å²) < 4.78 is 0. The van der Waals surface area contributed by atoms with Crippen molar-refractivity contribution in [2.75, 3.05) is 18.4 Å². The van der Waals surface area contributed by atoms with Crippen LogP contribution in [-0.4, -0.2) is 47.0 Å². The van der Waals surface area contributed by atoms with E-state index in [1.54, 1.807) is 26.0 Å². The number of rotatable bonds is 2. The van der Waals surface area contributed by atoms with Gasteiger partial charge in [-0.2, -0.15) is 0 Å². The Morgan fingerprint density at radius 1 is 1.43 bits per heavy atom. The Hall–Kier alpha value is -2.57. The Labute approximate surface area is 121 Å². The number of aryl methyl sites for hydroxylation is 1. The molecule has 112 valence electrons. The molecule has 0 aromatic heterocycles. The lowest BCUT2D eigenvalue weighted by Crippen LogP contribution is -2.56. The molecule has 1 atom stereocenters. The Bertz CT molecular complexity index is 600. The topological polar surface area (TPSA) is 98.7 Å². The van der Waals surface area contributed by atoms with Gasteiger partial charge in [0.05, 0.1) is 5.56 Å². The van der Waals surface area contributed by atoms with E-state index in [0.29, 0.717) is 24.3 Å². The van der Waals surface area contributed by atoms with Crippen molar-refractivity contribution in [3.05, 3.63) is 29.3 Å². The average molecular weight is 291 g/mol. The molecule has 1 aromatic rings. The molecule has 1 aliphatic rings. The van der Waals surface area contributed by atoms with Gasteiger partial charge < -0.3 is 20.6 Å². The number of carbonyl (C=O) groups is 3. The number of nitrogens with one attached hydrogen (secondary N) is 2. The SMILES string of the molecule is Cc1ccc(NC(=O)N2CCNC(=O)C2C)cc1C(=O)O. The van der Waals surface area contributed by atoms with Crippen LogP contribution in [0.1, 0.15) is 22.8 Å². The molecule has 21 heavy (non-hydrogen) atoms. The molecule has 0 aliphatic carbocycles. The number of aromatic carboxylic acids is 1. The molecule has 1 aromatic carbocycles. The second-order valence-corrected chi connectivity index (χ2v) is 4.93. The van der Waals surface area contributed by atoms with Crippen LogP contribution in [0.2, 0.25) is 0 Å². The fourth-order valence-electron chi connectivity index (χ4n) is 2.19. The van der Waals surface area contributed by atoms with Gasteiger partial charge in [-0.15, -0.1) is 0 Å². The van der Waals surface area contributed by atoms with Gasteiger partial charge in [-0.05, 0) is 31.5 Å². The number of nitrogens with zero attached hydrogens (tertiary/aromatic N) is 1. The van der Waals surface area contributed by atoms with E-state index in [4.69, 9.17) is 5.11 Å². The largest absolute Gasteiger partial charge is 0.478 e. The van der Waals surface area contributed by atoms with Crippen LogP contribution in [0.15, 0.2) is 18.2 Å². The molecular weight excluding hydrogens is 274 g/mol. The smallest absolute Gasteiger partial charge is 0.336 e. The van der Waals surface area contributed by atoms with Crippen molar-refractivity contribution in [2.45, 2.75) is 19.9 Å². The van der Waals surface area contributed by atoms with E-state index in [-0.39, 0.29) is 11.5 Å². The highest BCUT2D eigenvalue weighted by Crippen LogP contribution is 2.16. The maximum Gasteiger partial charge on any atom is 0.336 e. The molecule has 1 unspecified atom stereocenters. The predicted octanol–water partition coefficient (Wildman–Crippen LogP) is 1.05. The number of urea groups is 1. The summed E-state index contributed by atoms with van der Waals surface area (Å²) in [7, 11) is 0. The van der Waals surface area contributed by atoms with Gasteiger partial charge in [0, 0.05) is 18.8 Å². The molecule has 1 heterocycles. The average Bonchev–Trinajstić information content (AvgIpc) is 2.43. The molecule has 7 nitrogen and oxygen atoms in total. The maximum absolute atomic E-state index is 12.2. The van der Waals surface area contributed by atoms with E-state index >= 15 is 0 Å². The van der Waals surface area contributed by atoms with Gasteiger partial charge in [-0.1, -0.05) is 6.07 Å². The van der Waals surface area contributed by atoms with Crippen LogP contribution in [0, 0.1) is 6.92 Å². The van der Waals surface area contributed by atoms with Crippen LogP contribution < -0.4 is 10.6 Å². The number of carbonyl (C=O) groups excluding carboxylic acids is 2. The molecule has 7 heteroatoms. The quantitative estimate of drug-likeness (QED) is 0.758. The second-order valence-electron chi connectivity index (χ2n) is 4.93. The summed E-state index contributed by atoms with van der Waals surface area (Å²) in [4.78, 5) is 36.2. The molecule has 0 radical (unpaired) electrons. The third-order valence-electron chi connectivity index (χ3n) is 3.48. The van der Waals surface area contributed by atoms with Crippen LogP contribution >= 0.6 is 0 Å². The van der Waals surface area contributed by atoms with Crippen LogP contribution in [0.4, 0.5) is 10.5 Å². The summed E-state index contributed by atoms with van der Waals surface area (Å²) >= 11 is 0. The van der Waals surface area contributed by atoms with Gasteiger partial charge in [-0.3, -0.25) is 4.79 Å². The van der Waals surface area contributed by atoms with E-state index in [1.807, 2.05) is 0 Å². The first-order valence-corrected chi connectivity index (χ1v) is 6.59. The third kappa shape index (κ3) is 3.13. The number of piperazine rings is 1. The molecule has 1 aliphatic heterocycles. The van der Waals surface area contributed by atoms with E-state index in [9.17, 15) is 14.4 Å². The molecule has 1 saturated heterocycles. The van der Waals surface area contributed by atoms with Gasteiger partial charge in [0.2, 0.25) is 5.91 Å². The number of amides is 3. The minimum atomic E-state index is -1.05. The lowest BCUT2D eigenvalue weighted by atomic mass is 10.1. The van der Waals surface area contributed by atoms with E-state index in [2.05, 4.69) is 10.6 Å². The first-order chi connectivity index (χ1) is 9.90. The number of benzene rings is 1. The highest BCUT2D eigenvalue weighted by atomic mass is 16.4. The fourth-order valence-corrected chi connectivity index (χ4v) is 2.19. The normalized spacial score (nSPS) is 18.1. The fraction of sp³-hybridized carbons (Fsp3) is 0.357. The minimum Gasteiger partial charge on any atom is -0.478 e. The Balaban J connectivity index is 2.14. The summed E-state index contributed by atoms with van der Waals surface area (Å²) in [5.41, 5.74) is 1.14. The van der Waals surface area contributed by atoms with Gasteiger partial charge in [0.1, 0.15) is 6.04 Å². The number of carboxylic acids is 1. The third-order valence-corrected chi connectivity index (χ3v) is 3.48. The monoisotopic (exact) mass is 291 g/mol. The van der Waals surface area contributed by atoms with Crippen LogP contribution in [0.5, 0.6) is 0 Å². The van der Waals surface area contributed by atoms with Crippen LogP contribution in [-0.2, 0) is 4.79 Å². The summed E-state index contributed by atoms with van der Waals surface area (Å²) in [6.45, 7) is 4.15. The van der Waals surface area contributed by atoms with Gasteiger partial charge in [0.25, 0.3) is 0 Å². The van der Waals surface area contributed by atoms with Crippen molar-refractivity contribution in [3.63, 3.8) is 0 Å². The van der Waals surface area contributed by atoms with Crippen molar-refractivity contribution in [3.8, 4) is 0 Å². The minimum absolute atomic E-state index is 0.136. The molecule has 0 spiro atoms. The van der Waals surface area contributed by atoms with Crippen molar-refractivity contribution in [2.24, 2.45) is 0 Å². The highest BCUT2D eigenvalue weighted by Gasteiger charge is 2.29. The summed E-state index contributed by atoms with van der Waals surface area (Å²) in [6.07, 6.45) is 0. The Kier molecular flexibility index (Phi) is 4.11. The summed E-state index contributed by atoms with van der Waals surface area (Å²) in [5, 5.41) is 14.4. The molecule has 3 amide bonds. The zero-order valence-corrected chi connectivity index (χ0v) is 11.8. The van der Waals surface area contributed by atoms with Crippen molar-refractivity contribution in [1.82, 2.24) is 10.2 Å². The molecule has 0 bridgehead atoms. The van der Waals surface area contributed by atoms with Crippen molar-refractivity contribution < 1.29 is 19.5 Å². The predicted molar refractivity (Wildman–Crippen MR) is 76.3 cm³/mol. The molecule has 2 rings (SSSR count). The van der Waals surface area contributed by atoms with Crippen molar-refractivity contribution in [1.29, 1.82) is 0 Å². The van der Waals surface area contributed by atoms with E-state index in [0.717, 1.165) is 0 Å². The summed E-state index contributed by atoms with van der Waals surface area (Å²) in [6, 6.07) is 3.70. The molecule has 3 N–H and O–H groups in total. The molecular formula is C14H17N3O4. The van der Waals surface area contributed by atoms with Gasteiger partial charge >= 0.3 is 12.0 Å². The van der Waals surface area contributed by atoms with E-state index in [1.165, 1.54) is 11.0 Å². The summed E-state index contributed by atoms with van der Waals surface area (Å²) in [5.74, 6) is -1.25. The number of hydrogen-bond donors (Lipinski definition) is 3. The number of carboxylic acid groups (broad SMARTS) is 1. The number of anilines is 1. The van der Waals surface area contributed by atoms with E-state index < -0.39 is 18.0 Å². The Morgan fingerprint density at radius 3 is 2.81 bits per heavy atom. The van der Waals surface area contributed by atoms with Gasteiger partial charge in [-0.25, -0.2) is 9.59 Å². The zero-order chi connectivity index (χ0) is 15.6. The lowest BCUT2D eigenvalue weighted by molar-refractivity contribution is -0.126. The zero-order valence-electron chi connectivity index (χ0n) is 11.8. The number of hydrogen-bond acceptors (Lipinski definition) is 3. The van der Waals surface area contributed by atoms with Gasteiger partial charge in [0.15, 0.2) is 0 Å². The highest BCUT2D eigenvalue weighted by molar-refractivity contribution is 5.96. The Morgan fingerprint density at radius 2 is 2.14 bits per heavy atom. The molecule has 1 fully saturated rings. The maximum atomic E-state index is 12.2.